The van der Waals surface area contributed by atoms with Gasteiger partial charge in [-0.25, -0.2) is 0 Å². The summed E-state index contributed by atoms with van der Waals surface area (Å²) in [4.78, 5) is 39.4. The van der Waals surface area contributed by atoms with Crippen molar-refractivity contribution in [2.45, 2.75) is 20.3 Å². The van der Waals surface area contributed by atoms with Crippen LogP contribution < -0.4 is 15.6 Å². The van der Waals surface area contributed by atoms with Crippen molar-refractivity contribution in [3.8, 4) is 0 Å². The van der Waals surface area contributed by atoms with E-state index >= 15 is 0 Å². The van der Waals surface area contributed by atoms with E-state index in [1.54, 1.807) is 33.8 Å². The molecule has 2 N–H and O–H groups in total. The molecule has 0 unspecified atom stereocenters. The van der Waals surface area contributed by atoms with Crippen LogP contribution in [0.25, 0.3) is 0 Å². The van der Waals surface area contributed by atoms with Crippen LogP contribution in [0.1, 0.15) is 28.2 Å². The lowest BCUT2D eigenvalue weighted by Gasteiger charge is -2.16. The largest absolute Gasteiger partial charge is 0.326 e. The minimum Gasteiger partial charge on any atom is -0.326 e. The van der Waals surface area contributed by atoms with E-state index in [0.717, 1.165) is 17.1 Å². The first kappa shape index (κ1) is 20.4. The maximum Gasteiger partial charge on any atom is 0.270 e. The summed E-state index contributed by atoms with van der Waals surface area (Å²) in [5.74, 6) is -1.03. The van der Waals surface area contributed by atoms with Gasteiger partial charge in [-0.05, 0) is 56.3 Å². The van der Waals surface area contributed by atoms with Crippen molar-refractivity contribution < 1.29 is 14.4 Å². The van der Waals surface area contributed by atoms with E-state index in [0.29, 0.717) is 17.8 Å². The third-order valence-electron chi connectivity index (χ3n) is 5.44. The summed E-state index contributed by atoms with van der Waals surface area (Å²) in [6.07, 6.45) is 0.160. The summed E-state index contributed by atoms with van der Waals surface area (Å²) >= 11 is 0. The van der Waals surface area contributed by atoms with E-state index in [9.17, 15) is 14.4 Å². The molecule has 1 aliphatic rings. The van der Waals surface area contributed by atoms with E-state index < -0.39 is 5.92 Å². The highest BCUT2D eigenvalue weighted by Gasteiger charge is 2.35. The molecule has 2 aromatic carbocycles. The number of rotatable bonds is 5. The average molecular weight is 416 g/mol. The molecule has 1 aliphatic heterocycles. The van der Waals surface area contributed by atoms with E-state index in [4.69, 9.17) is 0 Å². The van der Waals surface area contributed by atoms with Crippen LogP contribution in [0.5, 0.6) is 0 Å². The van der Waals surface area contributed by atoms with Crippen LogP contribution in [0.3, 0.4) is 0 Å². The molecule has 1 saturated heterocycles. The number of anilines is 2. The van der Waals surface area contributed by atoms with Crippen LogP contribution in [-0.2, 0) is 9.59 Å². The number of amides is 3. The number of benzene rings is 2. The number of carbonyl (C=O) groups is 3. The first-order valence-electron chi connectivity index (χ1n) is 10.1. The molecule has 2 heterocycles. The predicted molar refractivity (Wildman–Crippen MR) is 120 cm³/mol. The molecule has 0 aliphatic carbocycles. The van der Waals surface area contributed by atoms with Crippen molar-refractivity contribution in [2.75, 3.05) is 22.2 Å². The zero-order chi connectivity index (χ0) is 22.0. The van der Waals surface area contributed by atoms with Crippen LogP contribution in [0.15, 0.2) is 66.7 Å². The highest BCUT2D eigenvalue weighted by atomic mass is 16.2. The summed E-state index contributed by atoms with van der Waals surface area (Å²) in [6.45, 7) is 4.15. The first-order chi connectivity index (χ1) is 14.9. The molecule has 7 nitrogen and oxygen atoms in total. The molecule has 1 atom stereocenters. The second-order valence-corrected chi connectivity index (χ2v) is 7.70. The molecule has 7 heteroatoms. The number of carbonyl (C=O) groups excluding carboxylic acids is 3. The van der Waals surface area contributed by atoms with Crippen molar-refractivity contribution in [3.63, 3.8) is 0 Å². The standard InChI is InChI=1S/C24H24N4O3/c1-16-11-12-17(2)28(16)26-24(31)18-7-6-8-20(13-18)25-23(30)19-14-22(29)27(15-19)21-9-4-3-5-10-21/h3-13,19H,14-15H2,1-2H3,(H,25,30)(H,26,31)/t19-/m0/s1. The molecule has 0 saturated carbocycles. The highest BCUT2D eigenvalue weighted by Crippen LogP contribution is 2.26. The quantitative estimate of drug-likeness (QED) is 0.668. The molecule has 3 aromatic rings. The van der Waals surface area contributed by atoms with E-state index in [1.165, 1.54) is 0 Å². The fraction of sp³-hybridized carbons (Fsp3) is 0.208. The summed E-state index contributed by atoms with van der Waals surface area (Å²) in [7, 11) is 0. The number of aromatic nitrogens is 1. The minimum atomic E-state index is -0.449. The van der Waals surface area contributed by atoms with Crippen LogP contribution in [0, 0.1) is 19.8 Å². The highest BCUT2D eigenvalue weighted by molar-refractivity contribution is 6.04. The maximum absolute atomic E-state index is 12.8. The Hall–Kier alpha value is -3.87. The van der Waals surface area contributed by atoms with Gasteiger partial charge in [0.15, 0.2) is 0 Å². The van der Waals surface area contributed by atoms with E-state index in [2.05, 4.69) is 10.7 Å². The van der Waals surface area contributed by atoms with Gasteiger partial charge < -0.3 is 10.2 Å². The summed E-state index contributed by atoms with van der Waals surface area (Å²) in [6, 6.07) is 19.9. The Kier molecular flexibility index (Phi) is 5.58. The molecular weight excluding hydrogens is 392 g/mol. The molecule has 3 amide bonds. The normalized spacial score (nSPS) is 15.7. The fourth-order valence-corrected chi connectivity index (χ4v) is 3.73. The lowest BCUT2D eigenvalue weighted by Crippen LogP contribution is -2.28. The topological polar surface area (TPSA) is 83.4 Å². The number of hydrogen-bond donors (Lipinski definition) is 2. The van der Waals surface area contributed by atoms with Crippen LogP contribution in [0.2, 0.25) is 0 Å². The van der Waals surface area contributed by atoms with E-state index in [1.807, 2.05) is 56.3 Å². The monoisotopic (exact) mass is 416 g/mol. The molecule has 158 valence electrons. The summed E-state index contributed by atoms with van der Waals surface area (Å²) in [5, 5.41) is 2.85. The van der Waals surface area contributed by atoms with Crippen molar-refractivity contribution >= 4 is 29.1 Å². The number of nitrogens with zero attached hydrogens (tertiary/aromatic N) is 2. The van der Waals surface area contributed by atoms with Crippen LogP contribution >= 0.6 is 0 Å². The van der Waals surface area contributed by atoms with Gasteiger partial charge >= 0.3 is 0 Å². The van der Waals surface area contributed by atoms with Gasteiger partial charge in [0, 0.05) is 41.3 Å². The molecule has 0 radical (unpaired) electrons. The Morgan fingerprint density at radius 3 is 2.35 bits per heavy atom. The second-order valence-electron chi connectivity index (χ2n) is 7.70. The van der Waals surface area contributed by atoms with Crippen LogP contribution in [-0.4, -0.2) is 28.9 Å². The van der Waals surface area contributed by atoms with Crippen molar-refractivity contribution in [1.82, 2.24) is 4.68 Å². The molecule has 31 heavy (non-hydrogen) atoms. The molecule has 0 bridgehead atoms. The SMILES string of the molecule is Cc1ccc(C)n1NC(=O)c1cccc(NC(=O)[C@H]2CC(=O)N(c3ccccc3)C2)c1. The van der Waals surface area contributed by atoms with Crippen molar-refractivity contribution in [3.05, 3.63) is 83.7 Å². The second kappa shape index (κ2) is 8.47. The van der Waals surface area contributed by atoms with Gasteiger partial charge in [0.25, 0.3) is 5.91 Å². The molecule has 4 rings (SSSR count). The lowest BCUT2D eigenvalue weighted by molar-refractivity contribution is -0.122. The van der Waals surface area contributed by atoms with Gasteiger partial charge in [-0.3, -0.25) is 24.5 Å². The van der Waals surface area contributed by atoms with Gasteiger partial charge in [-0.15, -0.1) is 0 Å². The number of hydrogen-bond acceptors (Lipinski definition) is 3. The van der Waals surface area contributed by atoms with Crippen molar-refractivity contribution in [2.24, 2.45) is 5.92 Å². The Bertz CT molecular complexity index is 1120. The molecule has 1 aromatic heterocycles. The van der Waals surface area contributed by atoms with Crippen molar-refractivity contribution in [1.29, 1.82) is 0 Å². The van der Waals surface area contributed by atoms with Gasteiger partial charge in [0.2, 0.25) is 11.8 Å². The third-order valence-corrected chi connectivity index (χ3v) is 5.44. The average Bonchev–Trinajstić information content (AvgIpc) is 3.32. The Morgan fingerprint density at radius 1 is 0.935 bits per heavy atom. The van der Waals surface area contributed by atoms with Gasteiger partial charge in [-0.2, -0.15) is 0 Å². The Balaban J connectivity index is 1.42. The molecular formula is C24H24N4O3. The van der Waals surface area contributed by atoms with Gasteiger partial charge in [-0.1, -0.05) is 24.3 Å². The zero-order valence-corrected chi connectivity index (χ0v) is 17.5. The number of nitrogens with one attached hydrogen (secondary N) is 2. The van der Waals surface area contributed by atoms with Crippen LogP contribution in [0.4, 0.5) is 11.4 Å². The third kappa shape index (κ3) is 4.35. The van der Waals surface area contributed by atoms with Gasteiger partial charge in [0.05, 0.1) is 5.92 Å². The molecule has 1 fully saturated rings. The summed E-state index contributed by atoms with van der Waals surface area (Å²) < 4.78 is 1.72. The predicted octanol–water partition coefficient (Wildman–Crippen LogP) is 3.48. The number of para-hydroxylation sites is 1. The molecule has 0 spiro atoms. The summed E-state index contributed by atoms with van der Waals surface area (Å²) in [5.41, 5.74) is 6.43. The maximum atomic E-state index is 12.8. The first-order valence-corrected chi connectivity index (χ1v) is 10.1. The smallest absolute Gasteiger partial charge is 0.270 e. The van der Waals surface area contributed by atoms with E-state index in [-0.39, 0.29) is 24.1 Å². The number of aryl methyl sites for hydroxylation is 2. The minimum absolute atomic E-state index is 0.0723. The Labute approximate surface area is 180 Å². The fourth-order valence-electron chi connectivity index (χ4n) is 3.73. The lowest BCUT2D eigenvalue weighted by atomic mass is 10.1. The Morgan fingerprint density at radius 2 is 1.65 bits per heavy atom. The zero-order valence-electron chi connectivity index (χ0n) is 17.5. The van der Waals surface area contributed by atoms with Gasteiger partial charge in [0.1, 0.15) is 0 Å².